The molecule has 1 aliphatic heterocycles. The summed E-state index contributed by atoms with van der Waals surface area (Å²) in [4.78, 5) is 13.4. The van der Waals surface area contributed by atoms with Crippen LogP contribution >= 0.6 is 0 Å². The van der Waals surface area contributed by atoms with Crippen molar-refractivity contribution >= 4 is 21.6 Å². The van der Waals surface area contributed by atoms with Crippen molar-refractivity contribution < 1.29 is 17.9 Å². The quantitative estimate of drug-likeness (QED) is 0.595. The van der Waals surface area contributed by atoms with E-state index in [0.29, 0.717) is 11.4 Å². The van der Waals surface area contributed by atoms with Crippen LogP contribution in [0.2, 0.25) is 0 Å². The van der Waals surface area contributed by atoms with Gasteiger partial charge in [0, 0.05) is 0 Å². The molecule has 0 spiro atoms. The van der Waals surface area contributed by atoms with Crippen molar-refractivity contribution in [1.29, 1.82) is 0 Å². The standard InChI is InChI=1S/C27H28N2O4S/c1-18-10-14-23(15-11-18)34(31,32)29-17-26(33-25-9-4-3-8-24(25)29)27(30)28-19(2)21-13-12-20-6-5-7-22(20)16-21/h3-4,8-16,19,26H,5-7,17H2,1-2H3,(H,28,30)/t19-,26-/m1/s1. The Balaban J connectivity index is 1.40. The fraction of sp³-hybridized carbons (Fsp3) is 0.296. The van der Waals surface area contributed by atoms with Gasteiger partial charge >= 0.3 is 0 Å². The van der Waals surface area contributed by atoms with Crippen molar-refractivity contribution in [3.05, 3.63) is 89.0 Å². The molecule has 34 heavy (non-hydrogen) atoms. The molecule has 7 heteroatoms. The number of benzene rings is 3. The first-order valence-corrected chi connectivity index (χ1v) is 13.0. The van der Waals surface area contributed by atoms with E-state index in [2.05, 4.69) is 23.5 Å². The number of anilines is 1. The average molecular weight is 477 g/mol. The second-order valence-electron chi connectivity index (χ2n) is 9.04. The van der Waals surface area contributed by atoms with E-state index in [-0.39, 0.29) is 23.4 Å². The highest BCUT2D eigenvalue weighted by molar-refractivity contribution is 7.92. The summed E-state index contributed by atoms with van der Waals surface area (Å²) in [5, 5.41) is 3.02. The molecule has 2 aliphatic rings. The molecule has 3 aromatic carbocycles. The number of para-hydroxylation sites is 2. The van der Waals surface area contributed by atoms with Crippen LogP contribution in [0.5, 0.6) is 5.75 Å². The van der Waals surface area contributed by atoms with Crippen LogP contribution in [0.25, 0.3) is 0 Å². The molecule has 0 saturated heterocycles. The summed E-state index contributed by atoms with van der Waals surface area (Å²) in [6.45, 7) is 3.74. The van der Waals surface area contributed by atoms with Crippen LogP contribution in [-0.4, -0.2) is 27.0 Å². The minimum Gasteiger partial charge on any atom is -0.476 e. The Kier molecular flexibility index (Phi) is 5.81. The van der Waals surface area contributed by atoms with E-state index in [1.807, 2.05) is 13.8 Å². The lowest BCUT2D eigenvalue weighted by molar-refractivity contribution is -0.128. The Labute approximate surface area is 200 Å². The Hall–Kier alpha value is -3.32. The summed E-state index contributed by atoms with van der Waals surface area (Å²) in [5.74, 6) is 0.0291. The number of aryl methyl sites for hydroxylation is 3. The molecule has 1 heterocycles. The molecule has 0 unspecified atom stereocenters. The van der Waals surface area contributed by atoms with Crippen molar-refractivity contribution in [1.82, 2.24) is 5.32 Å². The third-order valence-electron chi connectivity index (χ3n) is 6.62. The first kappa shape index (κ1) is 22.5. The highest BCUT2D eigenvalue weighted by Crippen LogP contribution is 2.37. The van der Waals surface area contributed by atoms with Gasteiger partial charge in [-0.1, -0.05) is 48.0 Å². The Morgan fingerprint density at radius 2 is 1.76 bits per heavy atom. The van der Waals surface area contributed by atoms with E-state index in [1.165, 1.54) is 21.9 Å². The molecule has 2 atom stereocenters. The molecule has 0 fully saturated rings. The summed E-state index contributed by atoms with van der Waals surface area (Å²) in [7, 11) is -3.87. The summed E-state index contributed by atoms with van der Waals surface area (Å²) >= 11 is 0. The molecule has 3 aromatic rings. The molecule has 1 aliphatic carbocycles. The van der Waals surface area contributed by atoms with Gasteiger partial charge in [0.05, 0.1) is 23.2 Å². The zero-order valence-electron chi connectivity index (χ0n) is 19.3. The second kappa shape index (κ2) is 8.80. The topological polar surface area (TPSA) is 75.7 Å². The van der Waals surface area contributed by atoms with Gasteiger partial charge in [0.25, 0.3) is 15.9 Å². The van der Waals surface area contributed by atoms with E-state index in [1.54, 1.807) is 48.5 Å². The van der Waals surface area contributed by atoms with Gasteiger partial charge in [-0.05, 0) is 74.1 Å². The molecular weight excluding hydrogens is 448 g/mol. The Bertz CT molecular complexity index is 1330. The van der Waals surface area contributed by atoms with Crippen molar-refractivity contribution in [2.24, 2.45) is 0 Å². The van der Waals surface area contributed by atoms with Crippen LogP contribution in [0.15, 0.2) is 71.6 Å². The van der Waals surface area contributed by atoms with E-state index < -0.39 is 16.1 Å². The molecule has 0 aromatic heterocycles. The number of fused-ring (bicyclic) bond motifs is 2. The van der Waals surface area contributed by atoms with E-state index in [4.69, 9.17) is 4.74 Å². The fourth-order valence-electron chi connectivity index (χ4n) is 4.65. The van der Waals surface area contributed by atoms with Crippen LogP contribution < -0.4 is 14.4 Å². The van der Waals surface area contributed by atoms with Gasteiger partial charge in [-0.15, -0.1) is 0 Å². The molecule has 0 bridgehead atoms. The number of nitrogens with zero attached hydrogens (tertiary/aromatic N) is 1. The number of hydrogen-bond donors (Lipinski definition) is 1. The lowest BCUT2D eigenvalue weighted by Crippen LogP contribution is -2.51. The average Bonchev–Trinajstić information content (AvgIpc) is 3.31. The highest BCUT2D eigenvalue weighted by Gasteiger charge is 2.37. The van der Waals surface area contributed by atoms with Crippen LogP contribution in [0.1, 0.15) is 41.6 Å². The third-order valence-corrected chi connectivity index (χ3v) is 8.41. The van der Waals surface area contributed by atoms with Crippen LogP contribution in [0.4, 0.5) is 5.69 Å². The van der Waals surface area contributed by atoms with Gasteiger partial charge in [0.15, 0.2) is 6.10 Å². The normalized spacial score (nSPS) is 17.9. The van der Waals surface area contributed by atoms with Crippen molar-refractivity contribution in [3.63, 3.8) is 0 Å². The summed E-state index contributed by atoms with van der Waals surface area (Å²) < 4.78 is 34.3. The van der Waals surface area contributed by atoms with Crippen molar-refractivity contribution in [2.75, 3.05) is 10.8 Å². The molecule has 0 saturated carbocycles. The van der Waals surface area contributed by atoms with Gasteiger partial charge in [-0.3, -0.25) is 9.10 Å². The van der Waals surface area contributed by atoms with Crippen LogP contribution in [0, 0.1) is 6.92 Å². The van der Waals surface area contributed by atoms with Crippen LogP contribution in [-0.2, 0) is 27.7 Å². The number of hydrogen-bond acceptors (Lipinski definition) is 4. The smallest absolute Gasteiger partial charge is 0.264 e. The first-order valence-electron chi connectivity index (χ1n) is 11.6. The summed E-state index contributed by atoms with van der Waals surface area (Å²) in [5.41, 5.74) is 5.16. The van der Waals surface area contributed by atoms with Gasteiger partial charge in [0.2, 0.25) is 0 Å². The maximum absolute atomic E-state index is 13.5. The predicted octanol–water partition coefficient (Wildman–Crippen LogP) is 4.32. The number of amides is 1. The summed E-state index contributed by atoms with van der Waals surface area (Å²) in [6.07, 6.45) is 2.38. The van der Waals surface area contributed by atoms with E-state index in [9.17, 15) is 13.2 Å². The Morgan fingerprint density at radius 1 is 1.03 bits per heavy atom. The molecule has 176 valence electrons. The van der Waals surface area contributed by atoms with Gasteiger partial charge in [0.1, 0.15) is 5.75 Å². The second-order valence-corrected chi connectivity index (χ2v) is 10.9. The lowest BCUT2D eigenvalue weighted by Gasteiger charge is -2.35. The zero-order chi connectivity index (χ0) is 23.9. The van der Waals surface area contributed by atoms with Gasteiger partial charge < -0.3 is 10.1 Å². The minimum atomic E-state index is -3.87. The van der Waals surface area contributed by atoms with Gasteiger partial charge in [-0.2, -0.15) is 0 Å². The first-order chi connectivity index (χ1) is 16.3. The third kappa shape index (κ3) is 4.16. The Morgan fingerprint density at radius 3 is 2.56 bits per heavy atom. The monoisotopic (exact) mass is 476 g/mol. The van der Waals surface area contributed by atoms with E-state index in [0.717, 1.165) is 24.0 Å². The largest absolute Gasteiger partial charge is 0.476 e. The molecule has 1 N–H and O–H groups in total. The minimum absolute atomic E-state index is 0.101. The predicted molar refractivity (Wildman–Crippen MR) is 132 cm³/mol. The molecule has 6 nitrogen and oxygen atoms in total. The molecule has 1 amide bonds. The van der Waals surface area contributed by atoms with Gasteiger partial charge in [-0.25, -0.2) is 8.42 Å². The maximum Gasteiger partial charge on any atom is 0.264 e. The maximum atomic E-state index is 13.5. The van der Waals surface area contributed by atoms with Crippen molar-refractivity contribution in [3.8, 4) is 5.75 Å². The molecule has 5 rings (SSSR count). The number of sulfonamides is 1. The number of rotatable bonds is 5. The lowest BCUT2D eigenvalue weighted by atomic mass is 10.0. The summed E-state index contributed by atoms with van der Waals surface area (Å²) in [6, 6.07) is 19.8. The highest BCUT2D eigenvalue weighted by atomic mass is 32.2. The number of ether oxygens (including phenoxy) is 1. The molecular formula is C27H28N2O4S. The number of nitrogens with one attached hydrogen (secondary N) is 1. The van der Waals surface area contributed by atoms with E-state index >= 15 is 0 Å². The molecule has 0 radical (unpaired) electrons. The SMILES string of the molecule is Cc1ccc(S(=O)(=O)N2C[C@H](C(=O)N[C@H](C)c3ccc4c(c3)CCC4)Oc3ccccc32)cc1. The number of carbonyl (C=O) groups is 1. The zero-order valence-corrected chi connectivity index (χ0v) is 20.1. The van der Waals surface area contributed by atoms with Crippen molar-refractivity contribution in [2.45, 2.75) is 50.2 Å². The number of carbonyl (C=O) groups excluding carboxylic acids is 1. The van der Waals surface area contributed by atoms with Crippen LogP contribution in [0.3, 0.4) is 0 Å². The fourth-order valence-corrected chi connectivity index (χ4v) is 6.13.